The molecule has 1 N–H and O–H groups in total. The highest BCUT2D eigenvalue weighted by Gasteiger charge is 2.30. The standard InChI is InChI=1S/C26H26ClFN2O3/c1-32-24-13-18-11-12-30(16-17-7-9-19(28)10-8-17)23(21(18)14-25(24)33-2)15-29-26(31)20-5-3-4-6-22(20)27/h3-10,13-14,23H,11-12,15-16H2,1-2H3,(H,29,31)/t23-/m0/s1. The number of carbonyl (C=O) groups excluding carboxylic acids is 1. The van der Waals surface area contributed by atoms with Crippen LogP contribution in [0.15, 0.2) is 60.7 Å². The second-order valence-corrected chi connectivity index (χ2v) is 8.37. The normalized spacial score (nSPS) is 15.6. The molecule has 0 aliphatic carbocycles. The van der Waals surface area contributed by atoms with Crippen LogP contribution >= 0.6 is 11.6 Å². The highest BCUT2D eigenvalue weighted by atomic mass is 35.5. The summed E-state index contributed by atoms with van der Waals surface area (Å²) in [6, 6.07) is 17.4. The monoisotopic (exact) mass is 468 g/mol. The lowest BCUT2D eigenvalue weighted by molar-refractivity contribution is 0.0926. The van der Waals surface area contributed by atoms with Crippen molar-refractivity contribution in [3.8, 4) is 11.5 Å². The van der Waals surface area contributed by atoms with E-state index in [2.05, 4.69) is 10.2 Å². The topological polar surface area (TPSA) is 50.8 Å². The molecular formula is C26H26ClFN2O3. The predicted octanol–water partition coefficient (Wildman–Crippen LogP) is 5.03. The number of hydrogen-bond acceptors (Lipinski definition) is 4. The lowest BCUT2D eigenvalue weighted by Crippen LogP contribution is -2.41. The predicted molar refractivity (Wildman–Crippen MR) is 127 cm³/mol. The number of benzene rings is 3. The van der Waals surface area contributed by atoms with Crippen molar-refractivity contribution in [3.05, 3.63) is 93.8 Å². The third-order valence-corrected chi connectivity index (χ3v) is 6.32. The van der Waals surface area contributed by atoms with Crippen molar-refractivity contribution < 1.29 is 18.7 Å². The molecule has 1 aliphatic heterocycles. The molecule has 0 fully saturated rings. The van der Waals surface area contributed by atoms with Crippen LogP contribution in [0, 0.1) is 5.82 Å². The van der Waals surface area contributed by atoms with Crippen LogP contribution in [0.5, 0.6) is 11.5 Å². The minimum Gasteiger partial charge on any atom is -0.493 e. The van der Waals surface area contributed by atoms with Crippen LogP contribution < -0.4 is 14.8 Å². The van der Waals surface area contributed by atoms with Gasteiger partial charge in [-0.2, -0.15) is 0 Å². The van der Waals surface area contributed by atoms with Crippen LogP contribution in [-0.4, -0.2) is 38.1 Å². The number of nitrogens with one attached hydrogen (secondary N) is 1. The zero-order chi connectivity index (χ0) is 23.4. The van der Waals surface area contributed by atoms with Gasteiger partial charge in [-0.3, -0.25) is 9.69 Å². The Hall–Kier alpha value is -3.09. The van der Waals surface area contributed by atoms with Crippen LogP contribution in [0.2, 0.25) is 5.02 Å². The molecule has 3 aromatic rings. The minimum absolute atomic E-state index is 0.106. The van der Waals surface area contributed by atoms with Gasteiger partial charge >= 0.3 is 0 Å². The smallest absolute Gasteiger partial charge is 0.252 e. The summed E-state index contributed by atoms with van der Waals surface area (Å²) in [5, 5.41) is 3.46. The number of rotatable bonds is 7. The maximum Gasteiger partial charge on any atom is 0.252 e. The van der Waals surface area contributed by atoms with Crippen LogP contribution in [0.25, 0.3) is 0 Å². The van der Waals surface area contributed by atoms with Crippen molar-refractivity contribution in [2.45, 2.75) is 19.0 Å². The fourth-order valence-electron chi connectivity index (χ4n) is 4.26. The van der Waals surface area contributed by atoms with E-state index >= 15 is 0 Å². The minimum atomic E-state index is -0.261. The summed E-state index contributed by atoms with van der Waals surface area (Å²) < 4.78 is 24.4. The number of halogens is 2. The van der Waals surface area contributed by atoms with E-state index in [0.29, 0.717) is 35.2 Å². The van der Waals surface area contributed by atoms with Gasteiger partial charge in [-0.05, 0) is 59.5 Å². The molecular weight excluding hydrogens is 443 g/mol. The molecule has 33 heavy (non-hydrogen) atoms. The Labute approximate surface area is 198 Å². The molecule has 3 aromatic carbocycles. The van der Waals surface area contributed by atoms with E-state index in [1.54, 1.807) is 50.6 Å². The molecule has 0 spiro atoms. The average molecular weight is 469 g/mol. The van der Waals surface area contributed by atoms with E-state index in [-0.39, 0.29) is 17.8 Å². The van der Waals surface area contributed by atoms with E-state index in [1.807, 2.05) is 12.1 Å². The first kappa shape index (κ1) is 23.1. The largest absolute Gasteiger partial charge is 0.493 e. The summed E-state index contributed by atoms with van der Waals surface area (Å²) in [5.74, 6) is 0.836. The number of amides is 1. The van der Waals surface area contributed by atoms with Gasteiger partial charge in [0.2, 0.25) is 0 Å². The number of carbonyl (C=O) groups is 1. The van der Waals surface area contributed by atoms with E-state index in [9.17, 15) is 9.18 Å². The summed E-state index contributed by atoms with van der Waals surface area (Å²) in [7, 11) is 3.23. The highest BCUT2D eigenvalue weighted by Crippen LogP contribution is 2.38. The molecule has 0 radical (unpaired) electrons. The van der Waals surface area contributed by atoms with Crippen molar-refractivity contribution in [1.82, 2.24) is 10.2 Å². The van der Waals surface area contributed by atoms with Gasteiger partial charge in [0.05, 0.1) is 30.8 Å². The first-order valence-electron chi connectivity index (χ1n) is 10.8. The second kappa shape index (κ2) is 10.2. The summed E-state index contributed by atoms with van der Waals surface area (Å²) in [4.78, 5) is 15.1. The van der Waals surface area contributed by atoms with Crippen LogP contribution in [0.4, 0.5) is 4.39 Å². The van der Waals surface area contributed by atoms with Gasteiger partial charge in [0.15, 0.2) is 11.5 Å². The van der Waals surface area contributed by atoms with Gasteiger partial charge in [-0.1, -0.05) is 35.9 Å². The van der Waals surface area contributed by atoms with Crippen molar-refractivity contribution in [2.24, 2.45) is 0 Å². The highest BCUT2D eigenvalue weighted by molar-refractivity contribution is 6.33. The Morgan fingerprint density at radius 3 is 2.48 bits per heavy atom. The maximum absolute atomic E-state index is 13.4. The summed E-state index contributed by atoms with van der Waals surface area (Å²) in [6.07, 6.45) is 0.825. The van der Waals surface area contributed by atoms with Gasteiger partial charge in [-0.25, -0.2) is 4.39 Å². The van der Waals surface area contributed by atoms with Gasteiger partial charge < -0.3 is 14.8 Å². The quantitative estimate of drug-likeness (QED) is 0.528. The van der Waals surface area contributed by atoms with E-state index in [4.69, 9.17) is 21.1 Å². The molecule has 0 bridgehead atoms. The summed E-state index contributed by atoms with van der Waals surface area (Å²) in [6.45, 7) is 1.79. The number of nitrogens with zero attached hydrogens (tertiary/aromatic N) is 1. The molecule has 5 nitrogen and oxygen atoms in total. The molecule has 1 atom stereocenters. The molecule has 0 saturated heterocycles. The lowest BCUT2D eigenvalue weighted by atomic mass is 9.91. The molecule has 0 saturated carbocycles. The summed E-state index contributed by atoms with van der Waals surface area (Å²) in [5.41, 5.74) is 3.66. The molecule has 172 valence electrons. The van der Waals surface area contributed by atoms with Gasteiger partial charge in [-0.15, -0.1) is 0 Å². The van der Waals surface area contributed by atoms with Crippen LogP contribution in [0.3, 0.4) is 0 Å². The van der Waals surface area contributed by atoms with Crippen LogP contribution in [0.1, 0.15) is 33.1 Å². The Bertz CT molecular complexity index is 1140. The molecule has 0 unspecified atom stereocenters. The number of ether oxygens (including phenoxy) is 2. The van der Waals surface area contributed by atoms with Crippen molar-refractivity contribution in [1.29, 1.82) is 0 Å². The van der Waals surface area contributed by atoms with Crippen molar-refractivity contribution in [2.75, 3.05) is 27.3 Å². The molecule has 7 heteroatoms. The third-order valence-electron chi connectivity index (χ3n) is 5.99. The molecule has 1 aliphatic rings. The van der Waals surface area contributed by atoms with E-state index in [0.717, 1.165) is 29.7 Å². The zero-order valence-electron chi connectivity index (χ0n) is 18.6. The average Bonchev–Trinajstić information content (AvgIpc) is 2.83. The third kappa shape index (κ3) is 5.13. The van der Waals surface area contributed by atoms with Crippen molar-refractivity contribution in [3.63, 3.8) is 0 Å². The van der Waals surface area contributed by atoms with Gasteiger partial charge in [0.1, 0.15) is 5.82 Å². The maximum atomic E-state index is 13.4. The molecule has 1 heterocycles. The fourth-order valence-corrected chi connectivity index (χ4v) is 4.48. The molecule has 1 amide bonds. The van der Waals surface area contributed by atoms with Gasteiger partial charge in [0, 0.05) is 19.6 Å². The number of hydrogen-bond donors (Lipinski definition) is 1. The van der Waals surface area contributed by atoms with E-state index in [1.165, 1.54) is 12.1 Å². The lowest BCUT2D eigenvalue weighted by Gasteiger charge is -2.38. The summed E-state index contributed by atoms with van der Waals surface area (Å²) >= 11 is 6.21. The molecule has 0 aromatic heterocycles. The van der Waals surface area contributed by atoms with Crippen LogP contribution in [-0.2, 0) is 13.0 Å². The van der Waals surface area contributed by atoms with Crippen molar-refractivity contribution >= 4 is 17.5 Å². The first-order chi connectivity index (χ1) is 16.0. The Morgan fingerprint density at radius 2 is 1.79 bits per heavy atom. The fraction of sp³-hybridized carbons (Fsp3) is 0.269. The Kier molecular flexibility index (Phi) is 7.16. The molecule has 4 rings (SSSR count). The number of fused-ring (bicyclic) bond motifs is 1. The van der Waals surface area contributed by atoms with Gasteiger partial charge in [0.25, 0.3) is 5.91 Å². The Balaban J connectivity index is 1.63. The first-order valence-corrected chi connectivity index (χ1v) is 11.1. The Morgan fingerprint density at radius 1 is 1.09 bits per heavy atom. The van der Waals surface area contributed by atoms with E-state index < -0.39 is 0 Å². The SMILES string of the molecule is COc1cc2c(cc1OC)[C@H](CNC(=O)c1ccccc1Cl)N(Cc1ccc(F)cc1)CC2. The number of methoxy groups -OCH3 is 2. The second-order valence-electron chi connectivity index (χ2n) is 7.96. The zero-order valence-corrected chi connectivity index (χ0v) is 19.4.